The zero-order valence-corrected chi connectivity index (χ0v) is 16.2. The van der Waals surface area contributed by atoms with Crippen molar-refractivity contribution in [3.8, 4) is 0 Å². The Morgan fingerprint density at radius 1 is 1.15 bits per heavy atom. The average Bonchev–Trinajstić information content (AvgIpc) is 2.67. The number of methoxy groups -OCH3 is 1. The summed E-state index contributed by atoms with van der Waals surface area (Å²) in [6.07, 6.45) is 0. The van der Waals surface area contributed by atoms with Crippen molar-refractivity contribution in [1.82, 2.24) is 14.9 Å². The number of aryl methyl sites for hydroxylation is 2. The van der Waals surface area contributed by atoms with Crippen molar-refractivity contribution in [2.24, 2.45) is 0 Å². The Bertz CT molecular complexity index is 788. The molecule has 1 aliphatic rings. The van der Waals surface area contributed by atoms with Gasteiger partial charge in [-0.1, -0.05) is 12.1 Å². The number of aromatic nitrogens is 2. The fourth-order valence-corrected chi connectivity index (χ4v) is 3.18. The van der Waals surface area contributed by atoms with Gasteiger partial charge in [-0.15, -0.1) is 0 Å². The Labute approximate surface area is 160 Å². The van der Waals surface area contributed by atoms with Gasteiger partial charge in [0.2, 0.25) is 5.95 Å². The third-order valence-electron chi connectivity index (χ3n) is 4.60. The van der Waals surface area contributed by atoms with E-state index in [-0.39, 0.29) is 5.91 Å². The molecule has 144 valence electrons. The van der Waals surface area contributed by atoms with Gasteiger partial charge < -0.3 is 19.9 Å². The van der Waals surface area contributed by atoms with Crippen molar-refractivity contribution in [2.45, 2.75) is 13.8 Å². The molecule has 27 heavy (non-hydrogen) atoms. The molecule has 1 aromatic carbocycles. The lowest BCUT2D eigenvalue weighted by Crippen LogP contribution is -2.49. The van der Waals surface area contributed by atoms with Crippen LogP contribution in [0.15, 0.2) is 30.3 Å². The molecule has 0 unspecified atom stereocenters. The molecule has 0 spiro atoms. The molecule has 0 aliphatic carbocycles. The Kier molecular flexibility index (Phi) is 6.24. The van der Waals surface area contributed by atoms with Crippen molar-refractivity contribution < 1.29 is 9.53 Å². The molecule has 1 fully saturated rings. The summed E-state index contributed by atoms with van der Waals surface area (Å²) in [6.45, 7) is 8.12. The van der Waals surface area contributed by atoms with E-state index in [1.807, 2.05) is 11.8 Å². The zero-order valence-electron chi connectivity index (χ0n) is 16.2. The van der Waals surface area contributed by atoms with Crippen molar-refractivity contribution >= 4 is 17.5 Å². The molecule has 1 amide bonds. The van der Waals surface area contributed by atoms with Gasteiger partial charge in [-0.25, -0.2) is 9.97 Å². The largest absolute Gasteiger partial charge is 0.383 e. The molecule has 7 nitrogen and oxygen atoms in total. The van der Waals surface area contributed by atoms with Gasteiger partial charge in [0, 0.05) is 51.2 Å². The monoisotopic (exact) mass is 369 g/mol. The van der Waals surface area contributed by atoms with Gasteiger partial charge >= 0.3 is 0 Å². The first-order valence-corrected chi connectivity index (χ1v) is 9.26. The van der Waals surface area contributed by atoms with Gasteiger partial charge in [0.05, 0.1) is 6.61 Å². The van der Waals surface area contributed by atoms with Crippen LogP contribution in [0.5, 0.6) is 0 Å². The Morgan fingerprint density at radius 2 is 1.93 bits per heavy atom. The van der Waals surface area contributed by atoms with E-state index in [4.69, 9.17) is 4.74 Å². The minimum absolute atomic E-state index is 0.0424. The molecule has 2 aromatic rings. The van der Waals surface area contributed by atoms with Crippen molar-refractivity contribution in [3.05, 3.63) is 47.3 Å². The van der Waals surface area contributed by atoms with Gasteiger partial charge in [0.15, 0.2) is 0 Å². The molecule has 1 aromatic heterocycles. The number of carbonyl (C=O) groups is 1. The number of benzene rings is 1. The number of piperazine rings is 1. The summed E-state index contributed by atoms with van der Waals surface area (Å²) < 4.78 is 5.02. The first-order chi connectivity index (χ1) is 13.1. The predicted molar refractivity (Wildman–Crippen MR) is 106 cm³/mol. The molecule has 7 heteroatoms. The summed E-state index contributed by atoms with van der Waals surface area (Å²) in [6, 6.07) is 10.2. The lowest BCUT2D eigenvalue weighted by Gasteiger charge is -2.36. The highest BCUT2D eigenvalue weighted by molar-refractivity contribution is 5.92. The Balaban J connectivity index is 1.63. The molecular formula is C20H27N5O2. The van der Waals surface area contributed by atoms with Crippen LogP contribution in [0.1, 0.15) is 21.7 Å². The SMILES string of the molecule is COCCNc1nc(C)cc(C(=O)N2CCN(c3cccc(C)c3)CC2)n1. The highest BCUT2D eigenvalue weighted by atomic mass is 16.5. The molecule has 1 aliphatic heterocycles. The van der Waals surface area contributed by atoms with E-state index in [9.17, 15) is 4.79 Å². The van der Waals surface area contributed by atoms with Crippen LogP contribution in [-0.2, 0) is 4.74 Å². The van der Waals surface area contributed by atoms with Crippen molar-refractivity contribution in [1.29, 1.82) is 0 Å². The van der Waals surface area contributed by atoms with E-state index in [2.05, 4.69) is 51.4 Å². The summed E-state index contributed by atoms with van der Waals surface area (Å²) in [4.78, 5) is 25.8. The van der Waals surface area contributed by atoms with Crippen molar-refractivity contribution in [3.63, 3.8) is 0 Å². The van der Waals surface area contributed by atoms with E-state index in [1.54, 1.807) is 13.2 Å². The molecule has 0 saturated carbocycles. The maximum absolute atomic E-state index is 12.9. The van der Waals surface area contributed by atoms with E-state index in [0.29, 0.717) is 37.9 Å². The van der Waals surface area contributed by atoms with Gasteiger partial charge in [0.25, 0.3) is 5.91 Å². The Morgan fingerprint density at radius 3 is 2.63 bits per heavy atom. The third-order valence-corrected chi connectivity index (χ3v) is 4.60. The van der Waals surface area contributed by atoms with E-state index < -0.39 is 0 Å². The van der Waals surface area contributed by atoms with Crippen LogP contribution >= 0.6 is 0 Å². The predicted octanol–water partition coefficient (Wildman–Crippen LogP) is 2.11. The number of hydrogen-bond acceptors (Lipinski definition) is 6. The lowest BCUT2D eigenvalue weighted by molar-refractivity contribution is 0.0740. The summed E-state index contributed by atoms with van der Waals surface area (Å²) >= 11 is 0. The van der Waals surface area contributed by atoms with E-state index >= 15 is 0 Å². The molecule has 0 atom stereocenters. The quantitative estimate of drug-likeness (QED) is 0.787. The summed E-state index contributed by atoms with van der Waals surface area (Å²) in [5, 5.41) is 3.09. The number of nitrogens with zero attached hydrogens (tertiary/aromatic N) is 4. The maximum Gasteiger partial charge on any atom is 0.272 e. The first-order valence-electron chi connectivity index (χ1n) is 9.26. The fraction of sp³-hybridized carbons (Fsp3) is 0.450. The summed E-state index contributed by atoms with van der Waals surface area (Å²) in [5.74, 6) is 0.424. The highest BCUT2D eigenvalue weighted by Crippen LogP contribution is 2.18. The molecule has 0 radical (unpaired) electrons. The van der Waals surface area contributed by atoms with Gasteiger partial charge in [-0.3, -0.25) is 4.79 Å². The standard InChI is InChI=1S/C20H27N5O2/c1-15-5-4-6-17(13-15)24-8-10-25(11-9-24)19(26)18-14-16(2)22-20(23-18)21-7-12-27-3/h4-6,13-14H,7-12H2,1-3H3,(H,21,22,23). The smallest absolute Gasteiger partial charge is 0.272 e. The summed E-state index contributed by atoms with van der Waals surface area (Å²) in [7, 11) is 1.64. The zero-order chi connectivity index (χ0) is 19.2. The van der Waals surface area contributed by atoms with Crippen molar-refractivity contribution in [2.75, 3.05) is 56.7 Å². The van der Waals surface area contributed by atoms with E-state index in [1.165, 1.54) is 11.3 Å². The number of hydrogen-bond donors (Lipinski definition) is 1. The normalized spacial score (nSPS) is 14.3. The lowest BCUT2D eigenvalue weighted by atomic mass is 10.2. The maximum atomic E-state index is 12.9. The van der Waals surface area contributed by atoms with Gasteiger partial charge in [-0.2, -0.15) is 0 Å². The van der Waals surface area contributed by atoms with Crippen LogP contribution < -0.4 is 10.2 Å². The molecule has 1 N–H and O–H groups in total. The van der Waals surface area contributed by atoms with Crippen LogP contribution in [0.25, 0.3) is 0 Å². The molecule has 0 bridgehead atoms. The second-order valence-electron chi connectivity index (χ2n) is 6.76. The van der Waals surface area contributed by atoms with Crippen LogP contribution in [0.3, 0.4) is 0 Å². The second-order valence-corrected chi connectivity index (χ2v) is 6.76. The molecule has 1 saturated heterocycles. The highest BCUT2D eigenvalue weighted by Gasteiger charge is 2.24. The molecule has 3 rings (SSSR count). The van der Waals surface area contributed by atoms with Crippen LogP contribution in [0.4, 0.5) is 11.6 Å². The number of anilines is 2. The number of ether oxygens (including phenoxy) is 1. The molecule has 2 heterocycles. The van der Waals surface area contributed by atoms with Crippen LogP contribution in [0.2, 0.25) is 0 Å². The van der Waals surface area contributed by atoms with Crippen LogP contribution in [-0.4, -0.2) is 67.2 Å². The number of carbonyl (C=O) groups excluding carboxylic acids is 1. The minimum atomic E-state index is -0.0424. The number of amides is 1. The summed E-state index contributed by atoms with van der Waals surface area (Å²) in [5.41, 5.74) is 3.67. The first kappa shape index (κ1) is 19.1. The topological polar surface area (TPSA) is 70.6 Å². The molecular weight excluding hydrogens is 342 g/mol. The number of rotatable bonds is 6. The minimum Gasteiger partial charge on any atom is -0.383 e. The van der Waals surface area contributed by atoms with Gasteiger partial charge in [-0.05, 0) is 37.6 Å². The second kappa shape index (κ2) is 8.81. The Hall–Kier alpha value is -2.67. The number of nitrogens with one attached hydrogen (secondary N) is 1. The van der Waals surface area contributed by atoms with Gasteiger partial charge in [0.1, 0.15) is 5.69 Å². The third kappa shape index (κ3) is 4.95. The van der Waals surface area contributed by atoms with Crippen LogP contribution in [0, 0.1) is 13.8 Å². The average molecular weight is 369 g/mol. The fourth-order valence-electron chi connectivity index (χ4n) is 3.18. The van der Waals surface area contributed by atoms with E-state index in [0.717, 1.165) is 18.8 Å².